The lowest BCUT2D eigenvalue weighted by molar-refractivity contribution is 0.265. The van der Waals surface area contributed by atoms with Gasteiger partial charge in [0, 0.05) is 22.6 Å². The Bertz CT molecular complexity index is 933. The minimum atomic E-state index is -0.278. The zero-order valence-electron chi connectivity index (χ0n) is 16.6. The first-order chi connectivity index (χ1) is 14.1. The summed E-state index contributed by atoms with van der Waals surface area (Å²) in [7, 11) is 0. The molecular formula is C24H25BrFNO2. The smallest absolute Gasteiger partial charge is 0.162 e. The third kappa shape index (κ3) is 5.81. The highest BCUT2D eigenvalue weighted by atomic mass is 79.9. The highest BCUT2D eigenvalue weighted by molar-refractivity contribution is 9.10. The lowest BCUT2D eigenvalue weighted by atomic mass is 10.1. The summed E-state index contributed by atoms with van der Waals surface area (Å²) >= 11 is 3.63. The monoisotopic (exact) mass is 457 g/mol. The van der Waals surface area contributed by atoms with E-state index in [2.05, 4.69) is 40.3 Å². The van der Waals surface area contributed by atoms with Crippen molar-refractivity contribution in [2.45, 2.75) is 33.0 Å². The summed E-state index contributed by atoms with van der Waals surface area (Å²) in [5.41, 5.74) is 2.81. The van der Waals surface area contributed by atoms with Crippen LogP contribution < -0.4 is 14.8 Å². The Labute approximate surface area is 180 Å². The maximum absolute atomic E-state index is 13.9. The van der Waals surface area contributed by atoms with Crippen molar-refractivity contribution in [2.75, 3.05) is 6.61 Å². The van der Waals surface area contributed by atoms with Crippen molar-refractivity contribution in [1.29, 1.82) is 0 Å². The predicted octanol–water partition coefficient (Wildman–Crippen LogP) is 6.42. The van der Waals surface area contributed by atoms with Crippen molar-refractivity contribution in [1.82, 2.24) is 5.32 Å². The standard InChI is InChI=1S/C24H25BrFNO2/c1-3-28-23-13-20(15-27-17(2)18-9-5-4-6-10-18)21(25)14-24(23)29-16-19-11-7-8-12-22(19)26/h4-14,17,27H,3,15-16H2,1-2H3. The summed E-state index contributed by atoms with van der Waals surface area (Å²) in [5.74, 6) is 0.957. The third-order valence-corrected chi connectivity index (χ3v) is 5.39. The van der Waals surface area contributed by atoms with Crippen LogP contribution in [0.25, 0.3) is 0 Å². The molecule has 0 saturated carbocycles. The topological polar surface area (TPSA) is 30.5 Å². The zero-order chi connectivity index (χ0) is 20.6. The third-order valence-electron chi connectivity index (χ3n) is 4.65. The molecule has 0 saturated heterocycles. The first-order valence-electron chi connectivity index (χ1n) is 9.68. The lowest BCUT2D eigenvalue weighted by Gasteiger charge is -2.18. The molecule has 5 heteroatoms. The number of halogens is 2. The number of nitrogens with one attached hydrogen (secondary N) is 1. The largest absolute Gasteiger partial charge is 0.490 e. The summed E-state index contributed by atoms with van der Waals surface area (Å²) in [6.07, 6.45) is 0. The second-order valence-corrected chi connectivity index (χ2v) is 7.57. The first-order valence-corrected chi connectivity index (χ1v) is 10.5. The molecule has 0 amide bonds. The summed E-state index contributed by atoms with van der Waals surface area (Å²) in [5, 5.41) is 3.53. The maximum Gasteiger partial charge on any atom is 0.162 e. The Morgan fingerprint density at radius 2 is 1.62 bits per heavy atom. The van der Waals surface area contributed by atoms with Crippen molar-refractivity contribution in [3.8, 4) is 11.5 Å². The Hall–Kier alpha value is -2.37. The van der Waals surface area contributed by atoms with Crippen LogP contribution in [0, 0.1) is 5.82 Å². The summed E-state index contributed by atoms with van der Waals surface area (Å²) in [4.78, 5) is 0. The second-order valence-electron chi connectivity index (χ2n) is 6.72. The highest BCUT2D eigenvalue weighted by Gasteiger charge is 2.13. The number of benzene rings is 3. The Balaban J connectivity index is 1.72. The predicted molar refractivity (Wildman–Crippen MR) is 118 cm³/mol. The molecule has 1 N–H and O–H groups in total. The molecule has 3 nitrogen and oxygen atoms in total. The van der Waals surface area contributed by atoms with Crippen molar-refractivity contribution in [2.24, 2.45) is 0 Å². The Morgan fingerprint density at radius 1 is 0.931 bits per heavy atom. The van der Waals surface area contributed by atoms with E-state index in [0.717, 1.165) is 10.0 Å². The molecule has 152 valence electrons. The van der Waals surface area contributed by atoms with Crippen molar-refractivity contribution in [3.05, 3.63) is 93.7 Å². The normalized spacial score (nSPS) is 11.9. The molecule has 0 bridgehead atoms. The van der Waals surface area contributed by atoms with Crippen LogP contribution in [0.4, 0.5) is 4.39 Å². The van der Waals surface area contributed by atoms with Crippen LogP contribution in [0.5, 0.6) is 11.5 Å². The first kappa shape index (κ1) is 21.3. The Morgan fingerprint density at radius 3 is 2.34 bits per heavy atom. The van der Waals surface area contributed by atoms with Gasteiger partial charge in [-0.3, -0.25) is 0 Å². The summed E-state index contributed by atoms with van der Waals surface area (Å²) in [6.45, 7) is 5.40. The molecule has 0 fully saturated rings. The molecule has 3 rings (SSSR count). The molecule has 3 aromatic rings. The number of hydrogen-bond acceptors (Lipinski definition) is 3. The molecule has 0 aliphatic rings. The summed E-state index contributed by atoms with van der Waals surface area (Å²) < 4.78 is 26.4. The van der Waals surface area contributed by atoms with Gasteiger partial charge in [0.05, 0.1) is 6.61 Å². The minimum absolute atomic E-state index is 0.141. The Kier molecular flexibility index (Phi) is 7.67. The highest BCUT2D eigenvalue weighted by Crippen LogP contribution is 2.35. The van der Waals surface area contributed by atoms with E-state index in [1.165, 1.54) is 11.6 Å². The van der Waals surface area contributed by atoms with E-state index in [9.17, 15) is 4.39 Å². The van der Waals surface area contributed by atoms with Gasteiger partial charge in [0.25, 0.3) is 0 Å². The molecule has 0 spiro atoms. The van der Waals surface area contributed by atoms with Gasteiger partial charge in [0.15, 0.2) is 11.5 Å². The van der Waals surface area contributed by atoms with Gasteiger partial charge >= 0.3 is 0 Å². The molecule has 1 unspecified atom stereocenters. The van der Waals surface area contributed by atoms with Crippen LogP contribution in [0.1, 0.15) is 36.6 Å². The minimum Gasteiger partial charge on any atom is -0.490 e. The van der Waals surface area contributed by atoms with Gasteiger partial charge in [-0.25, -0.2) is 4.39 Å². The molecule has 0 aromatic heterocycles. The van der Waals surface area contributed by atoms with E-state index in [1.807, 2.05) is 37.3 Å². The van der Waals surface area contributed by atoms with Gasteiger partial charge < -0.3 is 14.8 Å². The van der Waals surface area contributed by atoms with Gasteiger partial charge in [-0.15, -0.1) is 0 Å². The fourth-order valence-electron chi connectivity index (χ4n) is 2.99. The van der Waals surface area contributed by atoms with Gasteiger partial charge in [0.2, 0.25) is 0 Å². The molecule has 0 heterocycles. The zero-order valence-corrected chi connectivity index (χ0v) is 18.2. The van der Waals surface area contributed by atoms with E-state index in [0.29, 0.717) is 30.2 Å². The van der Waals surface area contributed by atoms with Crippen molar-refractivity contribution < 1.29 is 13.9 Å². The molecule has 1 atom stereocenters. The van der Waals surface area contributed by atoms with E-state index < -0.39 is 0 Å². The molecule has 0 radical (unpaired) electrons. The van der Waals surface area contributed by atoms with E-state index in [4.69, 9.17) is 9.47 Å². The summed E-state index contributed by atoms with van der Waals surface area (Å²) in [6, 6.07) is 21.0. The molecule has 29 heavy (non-hydrogen) atoms. The number of rotatable bonds is 9. The fraction of sp³-hybridized carbons (Fsp3) is 0.250. The van der Waals surface area contributed by atoms with E-state index in [1.54, 1.807) is 18.2 Å². The van der Waals surface area contributed by atoms with Crippen LogP contribution >= 0.6 is 15.9 Å². The second kappa shape index (κ2) is 10.4. The van der Waals surface area contributed by atoms with Crippen LogP contribution in [-0.2, 0) is 13.2 Å². The maximum atomic E-state index is 13.9. The van der Waals surface area contributed by atoms with Gasteiger partial charge in [-0.05, 0) is 43.2 Å². The van der Waals surface area contributed by atoms with Crippen LogP contribution in [0.2, 0.25) is 0 Å². The van der Waals surface area contributed by atoms with Gasteiger partial charge in [-0.2, -0.15) is 0 Å². The molecule has 3 aromatic carbocycles. The number of hydrogen-bond donors (Lipinski definition) is 1. The van der Waals surface area contributed by atoms with E-state index in [-0.39, 0.29) is 18.5 Å². The average Bonchev–Trinajstić information content (AvgIpc) is 2.74. The molecule has 0 aliphatic heterocycles. The van der Waals surface area contributed by atoms with Crippen LogP contribution in [-0.4, -0.2) is 6.61 Å². The van der Waals surface area contributed by atoms with E-state index >= 15 is 0 Å². The van der Waals surface area contributed by atoms with Crippen LogP contribution in [0.15, 0.2) is 71.2 Å². The molecule has 0 aliphatic carbocycles. The fourth-order valence-corrected chi connectivity index (χ4v) is 3.45. The van der Waals surface area contributed by atoms with Gasteiger partial charge in [0.1, 0.15) is 12.4 Å². The lowest BCUT2D eigenvalue weighted by Crippen LogP contribution is -2.18. The quantitative estimate of drug-likeness (QED) is 0.402. The molecular weight excluding hydrogens is 433 g/mol. The SMILES string of the molecule is CCOc1cc(CNC(C)c2ccccc2)c(Br)cc1OCc1ccccc1F. The van der Waals surface area contributed by atoms with Crippen molar-refractivity contribution in [3.63, 3.8) is 0 Å². The number of ether oxygens (including phenoxy) is 2. The van der Waals surface area contributed by atoms with Gasteiger partial charge in [-0.1, -0.05) is 64.5 Å². The van der Waals surface area contributed by atoms with Crippen LogP contribution in [0.3, 0.4) is 0 Å². The van der Waals surface area contributed by atoms with Crippen molar-refractivity contribution >= 4 is 15.9 Å². The average molecular weight is 458 g/mol.